The molecular formula is C61H67N3O5. The molecule has 3 atom stereocenters. The van der Waals surface area contributed by atoms with Gasteiger partial charge in [0.05, 0.1) is 12.1 Å². The molecule has 3 aliphatic rings. The number of aryl methyl sites for hydroxylation is 2. The fourth-order valence-corrected chi connectivity index (χ4v) is 11.0. The minimum Gasteiger partial charge on any atom is -0.484 e. The van der Waals surface area contributed by atoms with E-state index in [0.717, 1.165) is 70.2 Å². The fourth-order valence-electron chi connectivity index (χ4n) is 11.0. The normalized spacial score (nSPS) is 16.8. The molecule has 3 aliphatic carbocycles. The average Bonchev–Trinajstić information content (AvgIpc) is 3.63. The lowest BCUT2D eigenvalue weighted by Gasteiger charge is -2.25. The molecule has 8 heteroatoms. The van der Waals surface area contributed by atoms with Gasteiger partial charge in [0.15, 0.2) is 6.61 Å². The van der Waals surface area contributed by atoms with Crippen LogP contribution in [0.1, 0.15) is 158 Å². The molecule has 8 nitrogen and oxygen atoms in total. The maximum atomic E-state index is 14.3. The van der Waals surface area contributed by atoms with Crippen molar-refractivity contribution in [1.82, 2.24) is 16.0 Å². The van der Waals surface area contributed by atoms with Crippen LogP contribution in [-0.2, 0) is 27.2 Å². The first-order chi connectivity index (χ1) is 33.9. The minimum atomic E-state index is -0.732. The van der Waals surface area contributed by atoms with Crippen molar-refractivity contribution in [1.29, 1.82) is 0 Å². The number of carbonyl (C=O) groups excluding carboxylic acids is 3. The summed E-state index contributed by atoms with van der Waals surface area (Å²) in [5, 5.41) is 9.57. The van der Waals surface area contributed by atoms with Gasteiger partial charge in [0, 0.05) is 5.92 Å². The summed E-state index contributed by atoms with van der Waals surface area (Å²) < 4.78 is 12.2. The van der Waals surface area contributed by atoms with E-state index < -0.39 is 18.2 Å². The number of hydrogen-bond donors (Lipinski definition) is 3. The second kappa shape index (κ2) is 23.1. The van der Waals surface area contributed by atoms with Gasteiger partial charge in [0.25, 0.3) is 5.91 Å². The summed E-state index contributed by atoms with van der Waals surface area (Å²) in [6.45, 7) is 2.06. The molecule has 0 aliphatic heterocycles. The van der Waals surface area contributed by atoms with E-state index in [0.29, 0.717) is 18.1 Å². The van der Waals surface area contributed by atoms with Crippen LogP contribution in [0, 0.1) is 0 Å². The predicted octanol–water partition coefficient (Wildman–Crippen LogP) is 13.0. The number of carbonyl (C=O) groups is 3. The van der Waals surface area contributed by atoms with E-state index in [2.05, 4.69) is 83.5 Å². The topological polar surface area (TPSA) is 106 Å². The summed E-state index contributed by atoms with van der Waals surface area (Å²) in [4.78, 5) is 41.7. The molecular weight excluding hydrogens is 855 g/mol. The van der Waals surface area contributed by atoms with Crippen molar-refractivity contribution in [2.75, 3.05) is 13.2 Å². The number of nitrogens with one attached hydrogen (secondary N) is 3. The minimum absolute atomic E-state index is 0.0474. The number of rotatable bonds is 15. The summed E-state index contributed by atoms with van der Waals surface area (Å²) in [7, 11) is 0. The van der Waals surface area contributed by atoms with Crippen molar-refractivity contribution in [2.24, 2.45) is 0 Å². The molecule has 0 radical (unpaired) electrons. The summed E-state index contributed by atoms with van der Waals surface area (Å²) in [5.41, 5.74) is 12.2. The number of alkyl carbamates (subject to hydrolysis) is 1. The largest absolute Gasteiger partial charge is 0.484 e. The molecule has 0 bridgehead atoms. The first kappa shape index (κ1) is 47.4. The van der Waals surface area contributed by atoms with Crippen LogP contribution in [0.4, 0.5) is 4.79 Å². The quantitative estimate of drug-likeness (QED) is 0.0951. The molecule has 356 valence electrons. The van der Waals surface area contributed by atoms with Crippen molar-refractivity contribution in [3.8, 4) is 16.9 Å². The molecule has 6 aromatic carbocycles. The lowest BCUT2D eigenvalue weighted by atomic mass is 9.86. The van der Waals surface area contributed by atoms with E-state index in [4.69, 9.17) is 9.47 Å². The van der Waals surface area contributed by atoms with Gasteiger partial charge in [-0.1, -0.05) is 198 Å². The van der Waals surface area contributed by atoms with Gasteiger partial charge < -0.3 is 25.4 Å². The van der Waals surface area contributed by atoms with Gasteiger partial charge in [-0.05, 0) is 111 Å². The van der Waals surface area contributed by atoms with Crippen LogP contribution < -0.4 is 20.7 Å². The van der Waals surface area contributed by atoms with Gasteiger partial charge in [0.1, 0.15) is 18.4 Å². The van der Waals surface area contributed by atoms with Crippen molar-refractivity contribution in [3.05, 3.63) is 196 Å². The molecule has 1 fully saturated rings. The zero-order chi connectivity index (χ0) is 47.4. The summed E-state index contributed by atoms with van der Waals surface area (Å²) in [6, 6.07) is 48.1. The van der Waals surface area contributed by atoms with Crippen LogP contribution in [0.25, 0.3) is 11.1 Å². The lowest BCUT2D eigenvalue weighted by molar-refractivity contribution is -0.130. The van der Waals surface area contributed by atoms with Gasteiger partial charge in [0.2, 0.25) is 5.91 Å². The highest BCUT2D eigenvalue weighted by Crippen LogP contribution is 2.45. The predicted molar refractivity (Wildman–Crippen MR) is 274 cm³/mol. The maximum absolute atomic E-state index is 14.3. The Morgan fingerprint density at radius 3 is 1.90 bits per heavy atom. The van der Waals surface area contributed by atoms with Crippen LogP contribution in [0.3, 0.4) is 0 Å². The Bertz CT molecular complexity index is 2630. The van der Waals surface area contributed by atoms with Gasteiger partial charge >= 0.3 is 6.09 Å². The van der Waals surface area contributed by atoms with Crippen LogP contribution in [-0.4, -0.2) is 37.2 Å². The van der Waals surface area contributed by atoms with Crippen LogP contribution in [0.15, 0.2) is 146 Å². The molecule has 3 N–H and O–H groups in total. The molecule has 0 saturated heterocycles. The highest BCUT2D eigenvalue weighted by Gasteiger charge is 2.31. The third-order valence-electron chi connectivity index (χ3n) is 14.7. The molecule has 69 heavy (non-hydrogen) atoms. The van der Waals surface area contributed by atoms with Crippen molar-refractivity contribution in [2.45, 2.75) is 127 Å². The molecule has 9 rings (SSSR count). The van der Waals surface area contributed by atoms with Gasteiger partial charge in [-0.25, -0.2) is 4.79 Å². The Hall–Kier alpha value is -6.67. The van der Waals surface area contributed by atoms with Gasteiger partial charge in [-0.3, -0.25) is 9.59 Å². The number of unbranched alkanes of at least 4 members (excludes halogenated alkanes) is 1. The molecule has 1 saturated carbocycles. The Balaban J connectivity index is 0.850. The first-order valence-corrected chi connectivity index (χ1v) is 25.6. The molecule has 3 unspecified atom stereocenters. The van der Waals surface area contributed by atoms with E-state index in [1.807, 2.05) is 84.9 Å². The van der Waals surface area contributed by atoms with Gasteiger partial charge in [-0.2, -0.15) is 0 Å². The Kier molecular flexibility index (Phi) is 15.9. The zero-order valence-corrected chi connectivity index (χ0v) is 40.1. The van der Waals surface area contributed by atoms with Gasteiger partial charge in [-0.15, -0.1) is 0 Å². The third kappa shape index (κ3) is 11.6. The first-order valence-electron chi connectivity index (χ1n) is 25.6. The van der Waals surface area contributed by atoms with E-state index >= 15 is 0 Å². The molecule has 3 amide bonds. The van der Waals surface area contributed by atoms with E-state index in [-0.39, 0.29) is 37.0 Å². The average molecular weight is 922 g/mol. The molecule has 6 aromatic rings. The van der Waals surface area contributed by atoms with Crippen LogP contribution in [0.2, 0.25) is 0 Å². The Morgan fingerprint density at radius 2 is 1.20 bits per heavy atom. The summed E-state index contributed by atoms with van der Waals surface area (Å²) in [5.74, 6) is 0.476. The molecule has 0 heterocycles. The van der Waals surface area contributed by atoms with Crippen molar-refractivity contribution in [3.63, 3.8) is 0 Å². The monoisotopic (exact) mass is 922 g/mol. The van der Waals surface area contributed by atoms with Crippen LogP contribution >= 0.6 is 0 Å². The van der Waals surface area contributed by atoms with Crippen LogP contribution in [0.5, 0.6) is 5.75 Å². The Labute approximate surface area is 408 Å². The number of fused-ring (bicyclic) bond motifs is 5. The van der Waals surface area contributed by atoms with E-state index in [1.54, 1.807) is 0 Å². The number of benzene rings is 6. The standard InChI is InChI=1S/C61H67N3O5/c1-2-3-30-56(60(66)63-58(45-23-12-9-13-24-45)46-34-31-43(32-35-46)42-20-10-7-5-4-6-8-11-21-42)62-57(65)41-68-48-37-38-50-47(39-48)36-33-44-22-14-15-25-49(44)59(50)64-61(67)69-40-55-53-28-18-16-26-51(53)52-27-17-19-29-54(52)55/h9,12-19,22-29,31-32,34-35,37-39,42,55-56,58-59H,2-8,10-11,20-21,30,33,36,40-41H2,1H3,(H,62,65)(H,63,66)(H,64,67). The molecule has 0 spiro atoms. The number of hydrogen-bond acceptors (Lipinski definition) is 5. The lowest BCUT2D eigenvalue weighted by Crippen LogP contribution is -2.49. The maximum Gasteiger partial charge on any atom is 0.407 e. The molecule has 0 aromatic heterocycles. The number of amides is 3. The summed E-state index contributed by atoms with van der Waals surface area (Å²) >= 11 is 0. The van der Waals surface area contributed by atoms with Crippen molar-refractivity contribution >= 4 is 17.9 Å². The SMILES string of the molecule is CCCCC(NC(=O)COc1ccc2c(c1)CCc1ccccc1C2NC(=O)OCC1c2ccccc2-c2ccccc21)C(=O)NC(c1ccccc1)c1ccc(C2CCCCCCCCC2)cc1. The summed E-state index contributed by atoms with van der Waals surface area (Å²) in [6.07, 6.45) is 14.9. The van der Waals surface area contributed by atoms with Crippen molar-refractivity contribution < 1.29 is 23.9 Å². The second-order valence-electron chi connectivity index (χ2n) is 19.3. The third-order valence-corrected chi connectivity index (χ3v) is 14.7. The fraction of sp³-hybridized carbons (Fsp3) is 0.361. The highest BCUT2D eigenvalue weighted by atomic mass is 16.5. The highest BCUT2D eigenvalue weighted by molar-refractivity contribution is 5.88. The Morgan fingerprint density at radius 1 is 0.609 bits per heavy atom. The number of ether oxygens (including phenoxy) is 2. The van der Waals surface area contributed by atoms with E-state index in [9.17, 15) is 14.4 Å². The van der Waals surface area contributed by atoms with E-state index in [1.165, 1.54) is 74.5 Å². The smallest absolute Gasteiger partial charge is 0.407 e. The second-order valence-corrected chi connectivity index (χ2v) is 19.3. The zero-order valence-electron chi connectivity index (χ0n) is 40.1.